The first-order valence-corrected chi connectivity index (χ1v) is 9.68. The van der Waals surface area contributed by atoms with Crippen molar-refractivity contribution in [2.75, 3.05) is 33.4 Å². The van der Waals surface area contributed by atoms with Crippen molar-refractivity contribution in [1.82, 2.24) is 10.2 Å². The number of hydrogen-bond donors (Lipinski definition) is 2. The first-order valence-electron chi connectivity index (χ1n) is 9.68. The van der Waals surface area contributed by atoms with Crippen molar-refractivity contribution < 1.29 is 14.6 Å². The highest BCUT2D eigenvalue weighted by Gasteiger charge is 2.26. The van der Waals surface area contributed by atoms with E-state index in [1.807, 2.05) is 12.1 Å². The van der Waals surface area contributed by atoms with E-state index >= 15 is 0 Å². The molecule has 0 bridgehead atoms. The molecule has 140 valence electrons. The van der Waals surface area contributed by atoms with E-state index in [1.165, 1.54) is 57.2 Å². The number of methoxy groups -OCH3 is 1. The van der Waals surface area contributed by atoms with Gasteiger partial charge in [-0.05, 0) is 56.5 Å². The van der Waals surface area contributed by atoms with E-state index in [9.17, 15) is 0 Å². The maximum absolute atomic E-state index is 8.88. The SMILES string of the molecule is COc1cc(CNC2CCN(C3CCCC3)CC2)ccc1OCCO. The molecule has 0 spiro atoms. The minimum Gasteiger partial charge on any atom is -0.493 e. The molecule has 2 aliphatic rings. The summed E-state index contributed by atoms with van der Waals surface area (Å²) in [6.45, 7) is 3.61. The molecule has 1 aromatic carbocycles. The van der Waals surface area contributed by atoms with E-state index in [0.29, 0.717) is 11.8 Å². The zero-order valence-corrected chi connectivity index (χ0v) is 15.4. The number of hydrogen-bond acceptors (Lipinski definition) is 5. The summed E-state index contributed by atoms with van der Waals surface area (Å²) >= 11 is 0. The van der Waals surface area contributed by atoms with Gasteiger partial charge in [0.1, 0.15) is 6.61 Å². The molecule has 1 saturated carbocycles. The van der Waals surface area contributed by atoms with Crippen LogP contribution in [0, 0.1) is 0 Å². The van der Waals surface area contributed by atoms with Gasteiger partial charge in [0.25, 0.3) is 0 Å². The molecule has 0 unspecified atom stereocenters. The second-order valence-electron chi connectivity index (χ2n) is 7.19. The molecule has 1 aliphatic heterocycles. The lowest BCUT2D eigenvalue weighted by Crippen LogP contribution is -2.45. The highest BCUT2D eigenvalue weighted by atomic mass is 16.5. The predicted octanol–water partition coefficient (Wildman–Crippen LogP) is 2.56. The van der Waals surface area contributed by atoms with Crippen LogP contribution in [0.4, 0.5) is 0 Å². The van der Waals surface area contributed by atoms with Gasteiger partial charge in [-0.1, -0.05) is 18.9 Å². The summed E-state index contributed by atoms with van der Waals surface area (Å²) in [5.41, 5.74) is 1.20. The van der Waals surface area contributed by atoms with Crippen LogP contribution in [0.2, 0.25) is 0 Å². The molecule has 1 aromatic rings. The van der Waals surface area contributed by atoms with Crippen molar-refractivity contribution >= 4 is 0 Å². The first-order chi connectivity index (χ1) is 12.3. The van der Waals surface area contributed by atoms with E-state index in [4.69, 9.17) is 14.6 Å². The lowest BCUT2D eigenvalue weighted by molar-refractivity contribution is 0.144. The quantitative estimate of drug-likeness (QED) is 0.756. The van der Waals surface area contributed by atoms with Crippen LogP contribution in [0.25, 0.3) is 0 Å². The molecule has 0 radical (unpaired) electrons. The molecule has 5 heteroatoms. The lowest BCUT2D eigenvalue weighted by atomic mass is 10.0. The van der Waals surface area contributed by atoms with Crippen molar-refractivity contribution in [1.29, 1.82) is 0 Å². The van der Waals surface area contributed by atoms with Gasteiger partial charge < -0.3 is 24.8 Å². The van der Waals surface area contributed by atoms with Crippen LogP contribution < -0.4 is 14.8 Å². The molecule has 0 amide bonds. The van der Waals surface area contributed by atoms with Gasteiger partial charge in [0, 0.05) is 18.6 Å². The van der Waals surface area contributed by atoms with E-state index < -0.39 is 0 Å². The number of benzene rings is 1. The smallest absolute Gasteiger partial charge is 0.161 e. The van der Waals surface area contributed by atoms with Gasteiger partial charge in [-0.3, -0.25) is 0 Å². The Morgan fingerprint density at radius 1 is 1.12 bits per heavy atom. The first kappa shape index (κ1) is 18.5. The number of nitrogens with one attached hydrogen (secondary N) is 1. The normalized spacial score (nSPS) is 20.1. The van der Waals surface area contributed by atoms with Crippen LogP contribution in [0.3, 0.4) is 0 Å². The second kappa shape index (κ2) is 9.41. The Kier molecular flexibility index (Phi) is 6.96. The monoisotopic (exact) mass is 348 g/mol. The standard InChI is InChI=1S/C20H32N2O3/c1-24-20-14-16(6-7-19(20)25-13-12-23)15-21-17-8-10-22(11-9-17)18-4-2-3-5-18/h6-7,14,17-18,21,23H,2-5,8-13,15H2,1H3. The van der Waals surface area contributed by atoms with Crippen LogP contribution in [-0.4, -0.2) is 55.5 Å². The van der Waals surface area contributed by atoms with Crippen molar-refractivity contribution in [3.05, 3.63) is 23.8 Å². The molecule has 2 N–H and O–H groups in total. The van der Waals surface area contributed by atoms with Crippen LogP contribution in [0.15, 0.2) is 18.2 Å². The van der Waals surface area contributed by atoms with Gasteiger partial charge in [-0.25, -0.2) is 0 Å². The Bertz CT molecular complexity index is 524. The van der Waals surface area contributed by atoms with E-state index in [1.54, 1.807) is 7.11 Å². The summed E-state index contributed by atoms with van der Waals surface area (Å²) in [5, 5.41) is 12.6. The average Bonchev–Trinajstić information content (AvgIpc) is 3.20. The number of nitrogens with zero attached hydrogens (tertiary/aromatic N) is 1. The number of piperidine rings is 1. The third kappa shape index (κ3) is 5.09. The van der Waals surface area contributed by atoms with Crippen molar-refractivity contribution in [3.63, 3.8) is 0 Å². The molecule has 3 rings (SSSR count). The van der Waals surface area contributed by atoms with E-state index in [2.05, 4.69) is 16.3 Å². The third-order valence-electron chi connectivity index (χ3n) is 5.54. The van der Waals surface area contributed by atoms with E-state index in [-0.39, 0.29) is 13.2 Å². The van der Waals surface area contributed by atoms with E-state index in [0.717, 1.165) is 18.3 Å². The highest BCUT2D eigenvalue weighted by Crippen LogP contribution is 2.29. The minimum atomic E-state index is 0.00597. The largest absolute Gasteiger partial charge is 0.493 e. The summed E-state index contributed by atoms with van der Waals surface area (Å²) in [6.07, 6.45) is 8.13. The number of aliphatic hydroxyl groups is 1. The maximum Gasteiger partial charge on any atom is 0.161 e. The summed E-state index contributed by atoms with van der Waals surface area (Å²) in [4.78, 5) is 2.71. The topological polar surface area (TPSA) is 54.0 Å². The minimum absolute atomic E-state index is 0.00597. The summed E-state index contributed by atoms with van der Waals surface area (Å²) in [5.74, 6) is 1.41. The molecular formula is C20H32N2O3. The fraction of sp³-hybridized carbons (Fsp3) is 0.700. The fourth-order valence-corrected chi connectivity index (χ4v) is 4.10. The molecule has 25 heavy (non-hydrogen) atoms. The fourth-order valence-electron chi connectivity index (χ4n) is 4.10. The number of rotatable bonds is 8. The predicted molar refractivity (Wildman–Crippen MR) is 99.3 cm³/mol. The van der Waals surface area contributed by atoms with Gasteiger partial charge >= 0.3 is 0 Å². The Hall–Kier alpha value is -1.30. The number of likely N-dealkylation sites (tertiary alicyclic amines) is 1. The second-order valence-corrected chi connectivity index (χ2v) is 7.19. The number of aliphatic hydroxyl groups excluding tert-OH is 1. The zero-order valence-electron chi connectivity index (χ0n) is 15.4. The van der Waals surface area contributed by atoms with Crippen LogP contribution in [0.1, 0.15) is 44.1 Å². The van der Waals surface area contributed by atoms with Gasteiger partial charge in [0.15, 0.2) is 11.5 Å². The van der Waals surface area contributed by atoms with Gasteiger partial charge in [-0.15, -0.1) is 0 Å². The molecule has 1 aliphatic carbocycles. The molecule has 1 saturated heterocycles. The van der Waals surface area contributed by atoms with Crippen LogP contribution >= 0.6 is 0 Å². The van der Waals surface area contributed by atoms with Gasteiger partial charge in [-0.2, -0.15) is 0 Å². The van der Waals surface area contributed by atoms with Crippen LogP contribution in [0.5, 0.6) is 11.5 Å². The van der Waals surface area contributed by atoms with Gasteiger partial charge in [0.2, 0.25) is 0 Å². The summed E-state index contributed by atoms with van der Waals surface area (Å²) in [6, 6.07) is 7.47. The highest BCUT2D eigenvalue weighted by molar-refractivity contribution is 5.43. The zero-order chi connectivity index (χ0) is 17.5. The van der Waals surface area contributed by atoms with Crippen molar-refractivity contribution in [2.24, 2.45) is 0 Å². The summed E-state index contributed by atoms with van der Waals surface area (Å²) < 4.78 is 10.9. The molecule has 0 aromatic heterocycles. The lowest BCUT2D eigenvalue weighted by Gasteiger charge is -2.36. The molecule has 5 nitrogen and oxygen atoms in total. The van der Waals surface area contributed by atoms with Gasteiger partial charge in [0.05, 0.1) is 13.7 Å². The Morgan fingerprint density at radius 3 is 2.56 bits per heavy atom. The maximum atomic E-state index is 8.88. The van der Waals surface area contributed by atoms with Crippen LogP contribution in [-0.2, 0) is 6.54 Å². The third-order valence-corrected chi connectivity index (χ3v) is 5.54. The Balaban J connectivity index is 1.45. The molecular weight excluding hydrogens is 316 g/mol. The number of ether oxygens (including phenoxy) is 2. The average molecular weight is 348 g/mol. The summed E-state index contributed by atoms with van der Waals surface area (Å²) in [7, 11) is 1.65. The molecule has 0 atom stereocenters. The molecule has 1 heterocycles. The van der Waals surface area contributed by atoms with Crippen molar-refractivity contribution in [3.8, 4) is 11.5 Å². The molecule has 2 fully saturated rings. The van der Waals surface area contributed by atoms with Crippen molar-refractivity contribution in [2.45, 2.75) is 57.2 Å². The Morgan fingerprint density at radius 2 is 1.88 bits per heavy atom. The Labute approximate surface area is 151 Å².